The number of nitrogens with one attached hydrogen (secondary N) is 1. The Kier molecular flexibility index (Phi) is 5.77. The van der Waals surface area contributed by atoms with Crippen LogP contribution in [0.5, 0.6) is 5.75 Å². The van der Waals surface area contributed by atoms with E-state index < -0.39 is 18.3 Å². The Balaban J connectivity index is 1.81. The first kappa shape index (κ1) is 18.6. The Morgan fingerprint density at radius 3 is 2.73 bits per heavy atom. The zero-order valence-electron chi connectivity index (χ0n) is 12.9. The fourth-order valence-electron chi connectivity index (χ4n) is 2.17. The number of carbonyl (C=O) groups is 1. The van der Waals surface area contributed by atoms with Gasteiger partial charge < -0.3 is 4.74 Å². The average molecular weight is 490 g/mol. The van der Waals surface area contributed by atoms with Gasteiger partial charge in [0.25, 0.3) is 5.91 Å². The Morgan fingerprint density at radius 2 is 2.00 bits per heavy atom. The van der Waals surface area contributed by atoms with Crippen molar-refractivity contribution in [3.63, 3.8) is 0 Å². The molecule has 26 heavy (non-hydrogen) atoms. The van der Waals surface area contributed by atoms with E-state index >= 15 is 0 Å². The van der Waals surface area contributed by atoms with E-state index in [0.717, 1.165) is 11.3 Å². The highest BCUT2D eigenvalue weighted by Crippen LogP contribution is 2.33. The number of aromatic nitrogens is 1. The predicted octanol–water partition coefficient (Wildman–Crippen LogP) is 5.41. The lowest BCUT2D eigenvalue weighted by Crippen LogP contribution is -2.13. The van der Waals surface area contributed by atoms with Crippen molar-refractivity contribution < 1.29 is 22.7 Å². The van der Waals surface area contributed by atoms with Crippen LogP contribution in [-0.2, 0) is 0 Å². The Bertz CT molecular complexity index is 949. The molecule has 1 aromatic heterocycles. The van der Waals surface area contributed by atoms with Crippen LogP contribution in [0.15, 0.2) is 47.8 Å². The van der Waals surface area contributed by atoms with Gasteiger partial charge in [0.2, 0.25) is 0 Å². The van der Waals surface area contributed by atoms with E-state index in [1.165, 1.54) is 24.3 Å². The van der Waals surface area contributed by atoms with Crippen molar-refractivity contribution in [1.29, 1.82) is 0 Å². The van der Waals surface area contributed by atoms with E-state index in [2.05, 4.69) is 15.0 Å². The maximum Gasteiger partial charge on any atom is 0.387 e. The van der Waals surface area contributed by atoms with Gasteiger partial charge in [-0.05, 0) is 52.9 Å². The zero-order chi connectivity index (χ0) is 18.7. The monoisotopic (exact) mass is 490 g/mol. The molecule has 1 heterocycles. The highest BCUT2D eigenvalue weighted by atomic mass is 127. The average Bonchev–Trinajstić information content (AvgIpc) is 3.03. The van der Waals surface area contributed by atoms with Crippen LogP contribution in [0.2, 0.25) is 0 Å². The summed E-state index contributed by atoms with van der Waals surface area (Å²) in [5, 5.41) is 4.53. The number of halogens is 4. The molecule has 0 aliphatic carbocycles. The second-order valence-corrected chi connectivity index (χ2v) is 7.01. The summed E-state index contributed by atoms with van der Waals surface area (Å²) in [6.45, 7) is -2.95. The molecule has 0 spiro atoms. The molecular formula is C17H10F3IN2O2S. The Labute approximate surface area is 164 Å². The van der Waals surface area contributed by atoms with E-state index in [-0.39, 0.29) is 10.9 Å². The second kappa shape index (κ2) is 8.04. The summed E-state index contributed by atoms with van der Waals surface area (Å²) in [4.78, 5) is 16.6. The maximum absolute atomic E-state index is 13.1. The number of para-hydroxylation sites is 1. The van der Waals surface area contributed by atoms with E-state index in [9.17, 15) is 18.0 Å². The van der Waals surface area contributed by atoms with Crippen LogP contribution >= 0.6 is 33.9 Å². The van der Waals surface area contributed by atoms with Crippen LogP contribution in [-0.4, -0.2) is 17.5 Å². The van der Waals surface area contributed by atoms with Crippen LogP contribution in [0, 0.1) is 9.39 Å². The normalized spacial score (nSPS) is 10.8. The number of hydrogen-bond donors (Lipinski definition) is 1. The zero-order valence-corrected chi connectivity index (χ0v) is 15.9. The molecule has 0 aliphatic heterocycles. The molecule has 1 N–H and O–H groups in total. The lowest BCUT2D eigenvalue weighted by atomic mass is 10.1. The minimum Gasteiger partial charge on any atom is -0.434 e. The predicted molar refractivity (Wildman–Crippen MR) is 101 cm³/mol. The Morgan fingerprint density at radius 1 is 1.23 bits per heavy atom. The van der Waals surface area contributed by atoms with Crippen molar-refractivity contribution in [2.45, 2.75) is 6.61 Å². The molecule has 0 radical (unpaired) electrons. The molecular weight excluding hydrogens is 480 g/mol. The van der Waals surface area contributed by atoms with Crippen LogP contribution in [0.1, 0.15) is 10.4 Å². The molecule has 4 nitrogen and oxygen atoms in total. The summed E-state index contributed by atoms with van der Waals surface area (Å²) in [7, 11) is 0. The second-order valence-electron chi connectivity index (χ2n) is 4.99. The van der Waals surface area contributed by atoms with Gasteiger partial charge in [-0.1, -0.05) is 12.1 Å². The minimum atomic E-state index is -2.95. The number of nitrogens with zero attached hydrogens (tertiary/aromatic N) is 1. The number of thiazole rings is 1. The van der Waals surface area contributed by atoms with Crippen LogP contribution in [0.25, 0.3) is 11.3 Å². The van der Waals surface area contributed by atoms with Crippen molar-refractivity contribution >= 4 is 45.0 Å². The number of rotatable bonds is 5. The smallest absolute Gasteiger partial charge is 0.387 e. The van der Waals surface area contributed by atoms with Gasteiger partial charge in [0.05, 0.1) is 11.3 Å². The van der Waals surface area contributed by atoms with Gasteiger partial charge >= 0.3 is 6.61 Å². The summed E-state index contributed by atoms with van der Waals surface area (Å²) in [6.07, 6.45) is 0. The number of benzene rings is 2. The van der Waals surface area contributed by atoms with Gasteiger partial charge in [-0.15, -0.1) is 11.3 Å². The molecule has 0 atom stereocenters. The third-order valence-corrected chi connectivity index (χ3v) is 4.93. The summed E-state index contributed by atoms with van der Waals surface area (Å²) in [5.41, 5.74) is 1.10. The van der Waals surface area contributed by atoms with Gasteiger partial charge in [0, 0.05) is 14.5 Å². The van der Waals surface area contributed by atoms with Crippen LogP contribution < -0.4 is 10.1 Å². The summed E-state index contributed by atoms with van der Waals surface area (Å²) in [6, 6.07) is 10.1. The number of hydrogen-bond acceptors (Lipinski definition) is 4. The fourth-order valence-corrected chi connectivity index (χ4v) is 3.60. The molecule has 0 aliphatic rings. The van der Waals surface area contributed by atoms with E-state index in [0.29, 0.717) is 20.4 Å². The topological polar surface area (TPSA) is 51.2 Å². The lowest BCUT2D eigenvalue weighted by Gasteiger charge is -2.08. The van der Waals surface area contributed by atoms with Gasteiger partial charge in [-0.25, -0.2) is 9.37 Å². The first-order valence-corrected chi connectivity index (χ1v) is 9.16. The first-order valence-electron chi connectivity index (χ1n) is 7.20. The number of anilines is 1. The lowest BCUT2D eigenvalue weighted by molar-refractivity contribution is -0.0494. The van der Waals surface area contributed by atoms with Crippen LogP contribution in [0.4, 0.5) is 18.3 Å². The molecule has 0 saturated heterocycles. The molecule has 0 unspecified atom stereocenters. The van der Waals surface area contributed by atoms with E-state index in [4.69, 9.17) is 0 Å². The molecule has 2 aromatic carbocycles. The van der Waals surface area contributed by atoms with E-state index in [1.807, 2.05) is 22.6 Å². The van der Waals surface area contributed by atoms with Crippen molar-refractivity contribution in [1.82, 2.24) is 4.98 Å². The number of alkyl halides is 2. The SMILES string of the molecule is O=C(Nc1nc(-c2ccccc2OC(F)F)cs1)c1ccc(F)cc1I. The largest absolute Gasteiger partial charge is 0.434 e. The van der Waals surface area contributed by atoms with E-state index in [1.54, 1.807) is 23.6 Å². The third-order valence-electron chi connectivity index (χ3n) is 3.28. The molecule has 1 amide bonds. The molecule has 134 valence electrons. The maximum atomic E-state index is 13.1. The minimum absolute atomic E-state index is 0.00115. The standard InChI is InChI=1S/C17H10F3IN2O2S/c18-9-5-6-10(12(21)7-9)15(24)23-17-22-13(8-26-17)11-3-1-2-4-14(11)25-16(19)20/h1-8,16H,(H,22,23,24). The molecule has 0 bridgehead atoms. The fraction of sp³-hybridized carbons (Fsp3) is 0.0588. The quantitative estimate of drug-likeness (QED) is 0.487. The van der Waals surface area contributed by atoms with Gasteiger partial charge in [-0.3, -0.25) is 10.1 Å². The highest BCUT2D eigenvalue weighted by Gasteiger charge is 2.16. The summed E-state index contributed by atoms with van der Waals surface area (Å²) >= 11 is 3.01. The van der Waals surface area contributed by atoms with Crippen LogP contribution in [0.3, 0.4) is 0 Å². The molecule has 9 heteroatoms. The number of carbonyl (C=O) groups excluding carboxylic acids is 1. The van der Waals surface area contributed by atoms with Gasteiger partial charge in [-0.2, -0.15) is 8.78 Å². The number of ether oxygens (including phenoxy) is 1. The van der Waals surface area contributed by atoms with Crippen molar-refractivity contribution in [2.24, 2.45) is 0 Å². The number of amides is 1. The third kappa shape index (κ3) is 4.33. The van der Waals surface area contributed by atoms with Crippen molar-refractivity contribution in [3.8, 4) is 17.0 Å². The summed E-state index contributed by atoms with van der Waals surface area (Å²) in [5.74, 6) is -0.871. The molecule has 0 fully saturated rings. The summed E-state index contributed by atoms with van der Waals surface area (Å²) < 4.78 is 43.2. The van der Waals surface area contributed by atoms with Crippen molar-refractivity contribution in [2.75, 3.05) is 5.32 Å². The van der Waals surface area contributed by atoms with Crippen molar-refractivity contribution in [3.05, 3.63) is 62.8 Å². The van der Waals surface area contributed by atoms with Gasteiger partial charge in [0.1, 0.15) is 11.6 Å². The molecule has 0 saturated carbocycles. The first-order chi connectivity index (χ1) is 12.4. The molecule has 3 aromatic rings. The highest BCUT2D eigenvalue weighted by molar-refractivity contribution is 14.1. The Hall–Kier alpha value is -2.14. The molecule has 3 rings (SSSR count). The van der Waals surface area contributed by atoms with Gasteiger partial charge in [0.15, 0.2) is 5.13 Å².